The third-order valence-electron chi connectivity index (χ3n) is 7.48. The van der Waals surface area contributed by atoms with E-state index >= 15 is 0 Å². The predicted octanol–water partition coefficient (Wildman–Crippen LogP) is 5.96. The van der Waals surface area contributed by atoms with Gasteiger partial charge in [-0.3, -0.25) is 4.90 Å². The summed E-state index contributed by atoms with van der Waals surface area (Å²) in [7, 11) is 2.02. The zero-order valence-corrected chi connectivity index (χ0v) is 22.6. The molecule has 200 valence electrons. The third-order valence-corrected chi connectivity index (χ3v) is 7.71. The van der Waals surface area contributed by atoms with Crippen molar-refractivity contribution >= 4 is 22.6 Å². The fraction of sp³-hybridized carbons (Fsp3) is 0.300. The second kappa shape index (κ2) is 11.2. The van der Waals surface area contributed by atoms with Crippen LogP contribution >= 0.6 is 11.6 Å². The SMILES string of the molecule is Cn1cncc1Cn1c(CN2CCC(c3cccc(OCc4ccc(Cl)cc4F)n3)CC2)nc2ccccc21. The minimum absolute atomic E-state index is 0.109. The van der Waals surface area contributed by atoms with Gasteiger partial charge >= 0.3 is 0 Å². The van der Waals surface area contributed by atoms with Gasteiger partial charge in [0, 0.05) is 41.5 Å². The van der Waals surface area contributed by atoms with E-state index in [-0.39, 0.29) is 12.4 Å². The van der Waals surface area contributed by atoms with Gasteiger partial charge in [0.2, 0.25) is 5.88 Å². The van der Waals surface area contributed by atoms with Crippen molar-refractivity contribution in [2.24, 2.45) is 7.05 Å². The van der Waals surface area contributed by atoms with E-state index in [1.165, 1.54) is 6.07 Å². The summed E-state index contributed by atoms with van der Waals surface area (Å²) < 4.78 is 24.3. The fourth-order valence-corrected chi connectivity index (χ4v) is 5.40. The van der Waals surface area contributed by atoms with Gasteiger partial charge in [0.25, 0.3) is 0 Å². The van der Waals surface area contributed by atoms with Crippen molar-refractivity contribution in [3.05, 3.63) is 107 Å². The highest BCUT2D eigenvalue weighted by molar-refractivity contribution is 6.30. The number of likely N-dealkylation sites (tertiary alicyclic amines) is 1. The number of hydrogen-bond donors (Lipinski definition) is 0. The molecule has 1 fully saturated rings. The van der Waals surface area contributed by atoms with Crippen LogP contribution in [0.25, 0.3) is 11.0 Å². The Morgan fingerprint density at radius 2 is 1.85 bits per heavy atom. The molecule has 9 heteroatoms. The number of rotatable bonds is 8. The smallest absolute Gasteiger partial charge is 0.213 e. The summed E-state index contributed by atoms with van der Waals surface area (Å²) in [5, 5.41) is 0.369. The average molecular weight is 545 g/mol. The van der Waals surface area contributed by atoms with E-state index in [0.29, 0.717) is 22.4 Å². The number of aromatic nitrogens is 5. The van der Waals surface area contributed by atoms with Crippen LogP contribution in [0.2, 0.25) is 5.02 Å². The maximum atomic E-state index is 14.1. The number of benzene rings is 2. The van der Waals surface area contributed by atoms with Crippen LogP contribution in [0, 0.1) is 5.82 Å². The first kappa shape index (κ1) is 25.5. The quantitative estimate of drug-likeness (QED) is 0.241. The lowest BCUT2D eigenvalue weighted by atomic mass is 9.93. The maximum Gasteiger partial charge on any atom is 0.213 e. The summed E-state index contributed by atoms with van der Waals surface area (Å²) in [6, 6.07) is 18.8. The fourth-order valence-electron chi connectivity index (χ4n) is 5.24. The number of halogens is 2. The number of fused-ring (bicyclic) bond motifs is 1. The predicted molar refractivity (Wildman–Crippen MR) is 149 cm³/mol. The van der Waals surface area contributed by atoms with Crippen molar-refractivity contribution in [3.8, 4) is 5.88 Å². The summed E-state index contributed by atoms with van der Waals surface area (Å²) in [6.45, 7) is 3.56. The van der Waals surface area contributed by atoms with Crippen LogP contribution in [0.1, 0.15) is 41.5 Å². The lowest BCUT2D eigenvalue weighted by Gasteiger charge is -2.31. The van der Waals surface area contributed by atoms with Gasteiger partial charge in [0.1, 0.15) is 18.2 Å². The molecule has 3 aromatic heterocycles. The average Bonchev–Trinajstić information content (AvgIpc) is 3.51. The molecular weight excluding hydrogens is 515 g/mol. The Balaban J connectivity index is 1.10. The number of piperidine rings is 1. The first-order valence-corrected chi connectivity index (χ1v) is 13.6. The molecule has 1 aliphatic rings. The van der Waals surface area contributed by atoms with Crippen LogP contribution in [0.15, 0.2) is 73.2 Å². The Hall–Kier alpha value is -3.75. The Morgan fingerprint density at radius 3 is 2.64 bits per heavy atom. The van der Waals surface area contributed by atoms with Crippen molar-refractivity contribution in [3.63, 3.8) is 0 Å². The lowest BCUT2D eigenvalue weighted by molar-refractivity contribution is 0.196. The second-order valence-corrected chi connectivity index (χ2v) is 10.5. The first-order valence-electron chi connectivity index (χ1n) is 13.2. The third kappa shape index (κ3) is 5.67. The first-order chi connectivity index (χ1) is 19.0. The highest BCUT2D eigenvalue weighted by Gasteiger charge is 2.24. The molecule has 0 saturated carbocycles. The zero-order valence-electron chi connectivity index (χ0n) is 21.8. The molecule has 1 aliphatic heterocycles. The topological polar surface area (TPSA) is 61.0 Å². The number of nitrogens with zero attached hydrogens (tertiary/aromatic N) is 6. The Labute approximate surface area is 231 Å². The molecule has 2 aromatic carbocycles. The normalized spacial score (nSPS) is 14.7. The lowest BCUT2D eigenvalue weighted by Crippen LogP contribution is -2.33. The van der Waals surface area contributed by atoms with Crippen molar-refractivity contribution < 1.29 is 9.13 Å². The molecule has 7 nitrogen and oxygen atoms in total. The highest BCUT2D eigenvalue weighted by Crippen LogP contribution is 2.29. The number of para-hydroxylation sites is 2. The molecule has 0 amide bonds. The minimum atomic E-state index is -0.375. The standard InChI is InChI=1S/C30H30ClFN6O/c1-36-20-33-16-24(36)17-38-28-7-3-2-5-27(28)34-29(38)18-37-13-11-21(12-14-37)26-6-4-8-30(35-26)39-19-22-9-10-23(31)15-25(22)32/h2-10,15-16,20-21H,11-14,17-19H2,1H3. The van der Waals surface area contributed by atoms with E-state index in [1.54, 1.807) is 12.1 Å². The molecule has 39 heavy (non-hydrogen) atoms. The van der Waals surface area contributed by atoms with Crippen molar-refractivity contribution in [2.75, 3.05) is 13.1 Å². The molecule has 5 aromatic rings. The number of pyridine rings is 1. The number of imidazole rings is 2. The van der Waals surface area contributed by atoms with Crippen LogP contribution in [-0.2, 0) is 26.7 Å². The largest absolute Gasteiger partial charge is 0.473 e. The summed E-state index contributed by atoms with van der Waals surface area (Å²) in [4.78, 5) is 16.5. The van der Waals surface area contributed by atoms with Crippen LogP contribution in [0.4, 0.5) is 4.39 Å². The number of aryl methyl sites for hydroxylation is 1. The van der Waals surface area contributed by atoms with Gasteiger partial charge in [0.15, 0.2) is 0 Å². The molecule has 6 rings (SSSR count). The van der Waals surface area contributed by atoms with E-state index in [1.807, 2.05) is 37.8 Å². The molecule has 0 N–H and O–H groups in total. The van der Waals surface area contributed by atoms with Crippen molar-refractivity contribution in [2.45, 2.75) is 38.5 Å². The molecule has 0 bridgehead atoms. The van der Waals surface area contributed by atoms with E-state index in [4.69, 9.17) is 26.3 Å². The summed E-state index contributed by atoms with van der Waals surface area (Å²) in [6.07, 6.45) is 5.76. The molecule has 0 radical (unpaired) electrons. The molecule has 4 heterocycles. The van der Waals surface area contributed by atoms with Crippen LogP contribution in [-0.4, -0.2) is 42.1 Å². The van der Waals surface area contributed by atoms with Crippen molar-refractivity contribution in [1.82, 2.24) is 29.0 Å². The molecule has 1 saturated heterocycles. The van der Waals surface area contributed by atoms with Crippen molar-refractivity contribution in [1.29, 1.82) is 0 Å². The summed E-state index contributed by atoms with van der Waals surface area (Å²) in [5.41, 5.74) is 4.78. The van der Waals surface area contributed by atoms with Gasteiger partial charge < -0.3 is 13.9 Å². The van der Waals surface area contributed by atoms with Gasteiger partial charge in [-0.1, -0.05) is 35.9 Å². The molecule has 0 spiro atoms. The van der Waals surface area contributed by atoms with Gasteiger partial charge in [-0.15, -0.1) is 0 Å². The summed E-state index contributed by atoms with van der Waals surface area (Å²) in [5.74, 6) is 1.55. The van der Waals surface area contributed by atoms with Gasteiger partial charge in [0.05, 0.1) is 36.1 Å². The maximum absolute atomic E-state index is 14.1. The van der Waals surface area contributed by atoms with Gasteiger partial charge in [-0.05, 0) is 56.3 Å². The zero-order chi connectivity index (χ0) is 26.8. The van der Waals surface area contributed by atoms with Gasteiger partial charge in [-0.2, -0.15) is 0 Å². The summed E-state index contributed by atoms with van der Waals surface area (Å²) >= 11 is 5.85. The van der Waals surface area contributed by atoms with E-state index in [2.05, 4.69) is 43.3 Å². The van der Waals surface area contributed by atoms with E-state index in [0.717, 1.165) is 67.3 Å². The Kier molecular flexibility index (Phi) is 7.30. The van der Waals surface area contributed by atoms with Crippen LogP contribution in [0.5, 0.6) is 5.88 Å². The van der Waals surface area contributed by atoms with E-state index in [9.17, 15) is 4.39 Å². The second-order valence-electron chi connectivity index (χ2n) is 10.1. The Bertz CT molecular complexity index is 1590. The van der Waals surface area contributed by atoms with E-state index < -0.39 is 0 Å². The van der Waals surface area contributed by atoms with Gasteiger partial charge in [-0.25, -0.2) is 19.3 Å². The molecular formula is C30H30ClFN6O. The molecule has 0 atom stereocenters. The number of ether oxygens (including phenoxy) is 1. The molecule has 0 unspecified atom stereocenters. The highest BCUT2D eigenvalue weighted by atomic mass is 35.5. The van der Waals surface area contributed by atoms with Crippen LogP contribution < -0.4 is 4.74 Å². The monoisotopic (exact) mass is 544 g/mol. The molecule has 0 aliphatic carbocycles. The Morgan fingerprint density at radius 1 is 1.00 bits per heavy atom. The minimum Gasteiger partial charge on any atom is -0.473 e. The number of hydrogen-bond acceptors (Lipinski definition) is 5. The van der Waals surface area contributed by atoms with Crippen LogP contribution in [0.3, 0.4) is 0 Å².